The lowest BCUT2D eigenvalue weighted by molar-refractivity contribution is -0.119. The number of amides is 2. The summed E-state index contributed by atoms with van der Waals surface area (Å²) in [6.45, 7) is -0.0245. The van der Waals surface area contributed by atoms with Crippen LogP contribution in [0.1, 0.15) is 40.7 Å². The van der Waals surface area contributed by atoms with Gasteiger partial charge < -0.3 is 13.9 Å². The first-order valence-electron chi connectivity index (χ1n) is 11.3. The predicted molar refractivity (Wildman–Crippen MR) is 129 cm³/mol. The second-order valence-electron chi connectivity index (χ2n) is 8.65. The molecule has 0 bridgehead atoms. The van der Waals surface area contributed by atoms with Crippen LogP contribution in [0.4, 0.5) is 5.69 Å². The van der Waals surface area contributed by atoms with Crippen molar-refractivity contribution in [2.24, 2.45) is 0 Å². The monoisotopic (exact) mass is 471 g/mol. The molecule has 1 atom stereocenters. The Morgan fingerprint density at radius 1 is 0.941 bits per heavy atom. The van der Waals surface area contributed by atoms with Gasteiger partial charge >= 0.3 is 0 Å². The second-order valence-corrected chi connectivity index (χ2v) is 9.09. The lowest BCUT2D eigenvalue weighted by Gasteiger charge is -2.39. The molecule has 0 spiro atoms. The van der Waals surface area contributed by atoms with E-state index in [-0.39, 0.29) is 36.2 Å². The van der Waals surface area contributed by atoms with Crippen LogP contribution in [0.15, 0.2) is 89.7 Å². The molecule has 3 heterocycles. The lowest BCUT2D eigenvalue weighted by atomic mass is 9.97. The Morgan fingerprint density at radius 2 is 1.71 bits per heavy atom. The van der Waals surface area contributed by atoms with Gasteiger partial charge in [0.1, 0.15) is 12.6 Å². The molecule has 0 saturated heterocycles. The van der Waals surface area contributed by atoms with Crippen molar-refractivity contribution in [1.29, 1.82) is 0 Å². The maximum Gasteiger partial charge on any atom is 0.290 e. The van der Waals surface area contributed by atoms with Gasteiger partial charge in [-0.25, -0.2) is 0 Å². The predicted octanol–water partition coefficient (Wildman–Crippen LogP) is 5.46. The number of nitrogens with zero attached hydrogens (tertiary/aromatic N) is 3. The number of carbonyl (C=O) groups excluding carboxylic acids is 2. The summed E-state index contributed by atoms with van der Waals surface area (Å²) in [6.07, 6.45) is 5.27. The van der Waals surface area contributed by atoms with Gasteiger partial charge in [-0.2, -0.15) is 0 Å². The van der Waals surface area contributed by atoms with Crippen LogP contribution in [0.5, 0.6) is 0 Å². The molecule has 2 aliphatic rings. The fourth-order valence-corrected chi connectivity index (χ4v) is 4.87. The summed E-state index contributed by atoms with van der Waals surface area (Å²) >= 11 is 6.17. The van der Waals surface area contributed by atoms with Gasteiger partial charge in [0.05, 0.1) is 23.3 Å². The first kappa shape index (κ1) is 20.8. The van der Waals surface area contributed by atoms with E-state index in [0.717, 1.165) is 35.5 Å². The molecule has 1 aliphatic heterocycles. The van der Waals surface area contributed by atoms with Gasteiger partial charge in [0, 0.05) is 17.3 Å². The minimum atomic E-state index is -0.352. The van der Waals surface area contributed by atoms with E-state index in [9.17, 15) is 9.59 Å². The van der Waals surface area contributed by atoms with E-state index in [4.69, 9.17) is 16.0 Å². The topological polar surface area (TPSA) is 58.7 Å². The van der Waals surface area contributed by atoms with E-state index < -0.39 is 0 Å². The average Bonchev–Trinajstić information content (AvgIpc) is 3.32. The Labute approximate surface area is 202 Å². The first-order chi connectivity index (χ1) is 16.6. The molecule has 170 valence electrons. The molecule has 1 aliphatic carbocycles. The van der Waals surface area contributed by atoms with E-state index in [0.29, 0.717) is 5.02 Å². The minimum absolute atomic E-state index is 0.0245. The van der Waals surface area contributed by atoms with Crippen LogP contribution in [0.25, 0.3) is 5.69 Å². The number of aromatic nitrogens is 1. The maximum absolute atomic E-state index is 14.0. The Kier molecular flexibility index (Phi) is 5.03. The fourth-order valence-electron chi connectivity index (χ4n) is 4.74. The van der Waals surface area contributed by atoms with Crippen molar-refractivity contribution in [3.05, 3.63) is 107 Å². The largest absolute Gasteiger partial charge is 0.459 e. The number of fused-ring (bicyclic) bond motifs is 3. The third-order valence-corrected chi connectivity index (χ3v) is 6.71. The molecule has 0 N–H and O–H groups in total. The van der Waals surface area contributed by atoms with Crippen LogP contribution in [0.3, 0.4) is 0 Å². The molecule has 1 saturated carbocycles. The van der Waals surface area contributed by atoms with Gasteiger partial charge in [0.2, 0.25) is 5.91 Å². The third kappa shape index (κ3) is 3.51. The minimum Gasteiger partial charge on any atom is -0.459 e. The number of rotatable bonds is 5. The molecule has 0 radical (unpaired) electrons. The number of anilines is 1. The Bertz CT molecular complexity index is 1360. The van der Waals surface area contributed by atoms with Crippen LogP contribution >= 0.6 is 11.6 Å². The summed E-state index contributed by atoms with van der Waals surface area (Å²) in [5.41, 5.74) is 3.65. The van der Waals surface area contributed by atoms with Crippen LogP contribution in [0, 0.1) is 0 Å². The van der Waals surface area contributed by atoms with Gasteiger partial charge in [-0.3, -0.25) is 14.5 Å². The molecular formula is C27H22ClN3O3. The van der Waals surface area contributed by atoms with Crippen molar-refractivity contribution in [2.75, 3.05) is 11.4 Å². The van der Waals surface area contributed by atoms with Crippen molar-refractivity contribution in [2.45, 2.75) is 24.9 Å². The molecular weight excluding hydrogens is 450 g/mol. The number of carbonyl (C=O) groups is 2. The van der Waals surface area contributed by atoms with Crippen molar-refractivity contribution in [1.82, 2.24) is 9.47 Å². The summed E-state index contributed by atoms with van der Waals surface area (Å²) in [6, 6.07) is 22.5. The number of benzene rings is 2. The van der Waals surface area contributed by atoms with E-state index in [1.165, 1.54) is 6.26 Å². The molecule has 6 nitrogen and oxygen atoms in total. The van der Waals surface area contributed by atoms with Gasteiger partial charge in [0.25, 0.3) is 5.91 Å². The number of halogens is 1. The zero-order valence-corrected chi connectivity index (χ0v) is 19.1. The van der Waals surface area contributed by atoms with E-state index in [1.807, 2.05) is 71.8 Å². The molecule has 6 rings (SSSR count). The average molecular weight is 472 g/mol. The quantitative estimate of drug-likeness (QED) is 0.388. The summed E-state index contributed by atoms with van der Waals surface area (Å²) < 4.78 is 7.46. The highest BCUT2D eigenvalue weighted by molar-refractivity contribution is 6.30. The van der Waals surface area contributed by atoms with Crippen LogP contribution in [0.2, 0.25) is 5.02 Å². The number of hydrogen-bond donors (Lipinski definition) is 0. The molecule has 4 aromatic rings. The lowest BCUT2D eigenvalue weighted by Crippen LogP contribution is -2.47. The normalized spacial score (nSPS) is 16.6. The van der Waals surface area contributed by atoms with Crippen LogP contribution < -0.4 is 4.90 Å². The zero-order valence-electron chi connectivity index (χ0n) is 18.3. The van der Waals surface area contributed by atoms with E-state index >= 15 is 0 Å². The molecule has 1 unspecified atom stereocenters. The van der Waals surface area contributed by atoms with Gasteiger partial charge in [0.15, 0.2) is 5.76 Å². The molecule has 2 amide bonds. The third-order valence-electron chi connectivity index (χ3n) is 6.46. The summed E-state index contributed by atoms with van der Waals surface area (Å²) in [5.74, 6) is -0.147. The van der Waals surface area contributed by atoms with E-state index in [2.05, 4.69) is 4.57 Å². The fraction of sp³-hybridized carbons (Fsp3) is 0.185. The van der Waals surface area contributed by atoms with Crippen molar-refractivity contribution < 1.29 is 14.0 Å². The van der Waals surface area contributed by atoms with Gasteiger partial charge in [-0.1, -0.05) is 35.9 Å². The molecule has 2 aromatic heterocycles. The molecule has 34 heavy (non-hydrogen) atoms. The maximum atomic E-state index is 14.0. The van der Waals surface area contributed by atoms with E-state index in [1.54, 1.807) is 17.0 Å². The van der Waals surface area contributed by atoms with Gasteiger partial charge in [-0.05, 0) is 66.9 Å². The number of para-hydroxylation sites is 2. The summed E-state index contributed by atoms with van der Waals surface area (Å²) in [4.78, 5) is 30.6. The number of furan rings is 1. The Balaban J connectivity index is 1.42. The first-order valence-corrected chi connectivity index (χ1v) is 11.7. The van der Waals surface area contributed by atoms with Gasteiger partial charge in [-0.15, -0.1) is 0 Å². The Morgan fingerprint density at radius 3 is 2.41 bits per heavy atom. The standard InChI is InChI=1S/C27H22ClN3O3/c28-19-11-9-18(10-12-19)26-23-7-3-15-29(23)21-5-1-2-6-22(21)31(26)25(32)17-30(20-13-14-20)27(33)24-8-4-16-34-24/h1-12,15-16,20,26H,13-14,17H2. The van der Waals surface area contributed by atoms with Crippen LogP contribution in [-0.2, 0) is 4.79 Å². The van der Waals surface area contributed by atoms with Crippen molar-refractivity contribution in [3.63, 3.8) is 0 Å². The van der Waals surface area contributed by atoms with Crippen LogP contribution in [-0.4, -0.2) is 33.9 Å². The Hall–Kier alpha value is -3.77. The van der Waals surface area contributed by atoms with Crippen molar-refractivity contribution >= 4 is 29.1 Å². The summed E-state index contributed by atoms with van der Waals surface area (Å²) in [5, 5.41) is 0.636. The highest BCUT2D eigenvalue weighted by Crippen LogP contribution is 2.42. The smallest absolute Gasteiger partial charge is 0.290 e. The summed E-state index contributed by atoms with van der Waals surface area (Å²) in [7, 11) is 0. The highest BCUT2D eigenvalue weighted by Gasteiger charge is 2.40. The SMILES string of the molecule is O=C(c1ccco1)N(CC(=O)N1c2ccccc2-n2cccc2C1c1ccc(Cl)cc1)C1CC1. The zero-order chi connectivity index (χ0) is 23.2. The second kappa shape index (κ2) is 8.22. The molecule has 2 aromatic carbocycles. The highest BCUT2D eigenvalue weighted by atomic mass is 35.5. The van der Waals surface area contributed by atoms with Crippen molar-refractivity contribution in [3.8, 4) is 5.69 Å². The molecule has 7 heteroatoms. The molecule has 1 fully saturated rings. The number of hydrogen-bond acceptors (Lipinski definition) is 3.